The number of hydrogen-bond donors (Lipinski definition) is 1. The van der Waals surface area contributed by atoms with E-state index in [-0.39, 0.29) is 5.60 Å². The lowest BCUT2D eigenvalue weighted by Crippen LogP contribution is -2.17. The van der Waals surface area contributed by atoms with Crippen molar-refractivity contribution in [2.24, 2.45) is 11.8 Å². The number of furan rings is 1. The Labute approximate surface area is 237 Å². The average molecular weight is 552 g/mol. The minimum Gasteiger partial charge on any atom is -0.459 e. The van der Waals surface area contributed by atoms with E-state index in [2.05, 4.69) is 29.8 Å². The number of aryl methyl sites for hydroxylation is 1. The van der Waals surface area contributed by atoms with Gasteiger partial charge in [-0.2, -0.15) is 0 Å². The molecule has 218 valence electrons. The molecule has 4 unspecified atom stereocenters. The van der Waals surface area contributed by atoms with Crippen molar-refractivity contribution in [3.8, 4) is 0 Å². The molecule has 2 aromatic heterocycles. The maximum Gasteiger partial charge on any atom is 0.159 e. The highest BCUT2D eigenvalue weighted by Gasteiger charge is 2.76. The fourth-order valence-corrected chi connectivity index (χ4v) is 7.34. The average Bonchev–Trinajstić information content (AvgIpc) is 3.34. The van der Waals surface area contributed by atoms with Crippen molar-refractivity contribution in [2.75, 3.05) is 41.0 Å². The van der Waals surface area contributed by atoms with Crippen molar-refractivity contribution >= 4 is 27.6 Å². The molecule has 3 aromatic rings. The highest BCUT2D eigenvalue weighted by atomic mass is 16.7. The molecule has 1 N–H and O–H groups in total. The van der Waals surface area contributed by atoms with Gasteiger partial charge < -0.3 is 33.1 Å². The number of unbranched alkanes of at least 4 members (excludes halogenated alkanes) is 6. The molecule has 0 radical (unpaired) electrons. The molecule has 40 heavy (non-hydrogen) atoms. The van der Waals surface area contributed by atoms with Gasteiger partial charge in [-0.3, -0.25) is 0 Å². The molecule has 0 bridgehead atoms. The van der Waals surface area contributed by atoms with Gasteiger partial charge in [-0.15, -0.1) is 0 Å². The van der Waals surface area contributed by atoms with Gasteiger partial charge in [0.15, 0.2) is 5.58 Å². The smallest absolute Gasteiger partial charge is 0.159 e. The number of nitrogens with one attached hydrogen (secondary N) is 1. The summed E-state index contributed by atoms with van der Waals surface area (Å²) < 4.78 is 33.8. The van der Waals surface area contributed by atoms with E-state index in [1.807, 2.05) is 0 Å². The first-order chi connectivity index (χ1) is 19.7. The number of aromatic amines is 1. The predicted octanol–water partition coefficient (Wildman–Crippen LogP) is 7.47. The second-order valence-electron chi connectivity index (χ2n) is 11.9. The topological polar surface area (TPSA) is 75.1 Å². The van der Waals surface area contributed by atoms with Crippen molar-refractivity contribution in [1.82, 2.24) is 4.98 Å². The molecule has 1 aliphatic heterocycles. The van der Waals surface area contributed by atoms with E-state index in [0.29, 0.717) is 31.5 Å². The third-order valence-electron chi connectivity index (χ3n) is 9.21. The molecule has 1 saturated heterocycles. The van der Waals surface area contributed by atoms with Crippen molar-refractivity contribution in [1.29, 1.82) is 0 Å². The van der Waals surface area contributed by atoms with Crippen LogP contribution in [0.5, 0.6) is 0 Å². The molecule has 6 rings (SSSR count). The van der Waals surface area contributed by atoms with Gasteiger partial charge in [-0.05, 0) is 60.9 Å². The maximum absolute atomic E-state index is 6.87. The molecule has 1 spiro atoms. The van der Waals surface area contributed by atoms with Crippen LogP contribution in [0, 0.1) is 11.8 Å². The Morgan fingerprint density at radius 1 is 0.900 bits per heavy atom. The predicted molar refractivity (Wildman–Crippen MR) is 156 cm³/mol. The third-order valence-corrected chi connectivity index (χ3v) is 9.21. The monoisotopic (exact) mass is 551 g/mol. The van der Waals surface area contributed by atoms with E-state index >= 15 is 0 Å². The minimum atomic E-state index is -0.134. The molecule has 1 saturated carbocycles. The number of hydrogen-bond acceptors (Lipinski definition) is 6. The largest absolute Gasteiger partial charge is 0.459 e. The number of rotatable bonds is 18. The fourth-order valence-electron chi connectivity index (χ4n) is 7.34. The van der Waals surface area contributed by atoms with Crippen LogP contribution in [-0.2, 0) is 35.7 Å². The summed E-state index contributed by atoms with van der Waals surface area (Å²) >= 11 is 0. The van der Waals surface area contributed by atoms with Crippen LogP contribution in [0.1, 0.15) is 81.1 Å². The lowest BCUT2D eigenvalue weighted by Gasteiger charge is -2.19. The number of benzene rings is 1. The van der Waals surface area contributed by atoms with Crippen molar-refractivity contribution in [2.45, 2.75) is 82.3 Å². The van der Waals surface area contributed by atoms with Crippen molar-refractivity contribution in [3.63, 3.8) is 0 Å². The first-order valence-electron chi connectivity index (χ1n) is 15.3. The van der Waals surface area contributed by atoms with Gasteiger partial charge in [-0.25, -0.2) is 0 Å². The SMILES string of the molecule is C=C1c2cc3c(cc2C24OC(CCCCCCOCOC)CC2C14)[nH]c1cc(CCCCCCOCOC)oc13. The second-order valence-corrected chi connectivity index (χ2v) is 11.9. The number of fused-ring (bicyclic) bond motifs is 5. The molecule has 7 heteroatoms. The summed E-state index contributed by atoms with van der Waals surface area (Å²) in [6.07, 6.45) is 12.9. The van der Waals surface area contributed by atoms with Crippen LogP contribution in [0.25, 0.3) is 27.6 Å². The first-order valence-corrected chi connectivity index (χ1v) is 15.3. The second kappa shape index (κ2) is 12.4. The van der Waals surface area contributed by atoms with Gasteiger partial charge in [0.1, 0.15) is 24.9 Å². The van der Waals surface area contributed by atoms with Crippen LogP contribution >= 0.6 is 0 Å². The zero-order chi connectivity index (χ0) is 27.5. The molecule has 4 atom stereocenters. The first kappa shape index (κ1) is 28.0. The summed E-state index contributed by atoms with van der Waals surface area (Å²) in [7, 11) is 3.32. The van der Waals surface area contributed by atoms with E-state index < -0.39 is 0 Å². The molecular weight excluding hydrogens is 506 g/mol. The minimum absolute atomic E-state index is 0.134. The molecule has 2 aliphatic carbocycles. The van der Waals surface area contributed by atoms with Gasteiger partial charge in [0, 0.05) is 57.1 Å². The summed E-state index contributed by atoms with van der Waals surface area (Å²) in [6, 6.07) is 6.82. The van der Waals surface area contributed by atoms with Gasteiger partial charge in [-0.1, -0.05) is 38.7 Å². The Bertz CT molecular complexity index is 1310. The molecule has 0 amide bonds. The molecule has 1 aromatic carbocycles. The third kappa shape index (κ3) is 5.27. The fraction of sp³-hybridized carbons (Fsp3) is 0.636. The van der Waals surface area contributed by atoms with Crippen LogP contribution in [0.15, 0.2) is 29.2 Å². The van der Waals surface area contributed by atoms with Crippen molar-refractivity contribution in [3.05, 3.63) is 41.7 Å². The normalized spacial score (nSPS) is 24.8. The number of ether oxygens (including phenoxy) is 5. The van der Waals surface area contributed by atoms with E-state index in [4.69, 9.17) is 28.1 Å². The maximum atomic E-state index is 6.87. The number of aromatic nitrogens is 1. The number of methoxy groups -OCH3 is 2. The van der Waals surface area contributed by atoms with Crippen LogP contribution in [0.4, 0.5) is 0 Å². The highest BCUT2D eigenvalue weighted by molar-refractivity contribution is 6.06. The Hall–Kier alpha value is -2.16. The van der Waals surface area contributed by atoms with Gasteiger partial charge in [0.05, 0.1) is 17.1 Å². The summed E-state index contributed by atoms with van der Waals surface area (Å²) in [4.78, 5) is 3.64. The van der Waals surface area contributed by atoms with E-state index in [0.717, 1.165) is 85.9 Å². The molecule has 2 fully saturated rings. The Balaban J connectivity index is 1.04. The Kier molecular flexibility index (Phi) is 8.66. The zero-order valence-electron chi connectivity index (χ0n) is 24.2. The highest BCUT2D eigenvalue weighted by Crippen LogP contribution is 2.76. The Morgan fingerprint density at radius 3 is 2.38 bits per heavy atom. The van der Waals surface area contributed by atoms with Crippen LogP contribution in [0.3, 0.4) is 0 Å². The van der Waals surface area contributed by atoms with Gasteiger partial charge in [0.25, 0.3) is 0 Å². The van der Waals surface area contributed by atoms with Crippen molar-refractivity contribution < 1.29 is 28.1 Å². The summed E-state index contributed by atoms with van der Waals surface area (Å²) in [6.45, 7) is 6.86. The zero-order valence-corrected chi connectivity index (χ0v) is 24.2. The van der Waals surface area contributed by atoms with E-state index in [1.165, 1.54) is 42.4 Å². The van der Waals surface area contributed by atoms with Gasteiger partial charge >= 0.3 is 0 Å². The standard InChI is InChI=1S/C33H45NO6/c1-22-25-18-26-29(34-30-17-23(39-32(26)30)12-8-4-6-10-14-37-20-35-2)19-27(25)33-28(31(22)33)16-24(40-33)13-9-5-7-11-15-38-21-36-3/h17-19,24,28,31,34H,1,4-16,20-21H2,2-3H3. The van der Waals surface area contributed by atoms with Gasteiger partial charge in [0.2, 0.25) is 0 Å². The molecular formula is C33H45NO6. The van der Waals surface area contributed by atoms with E-state index in [1.54, 1.807) is 14.2 Å². The summed E-state index contributed by atoms with van der Waals surface area (Å²) in [5.74, 6) is 2.10. The lowest BCUT2D eigenvalue weighted by molar-refractivity contribution is -0.0318. The molecule has 3 heterocycles. The summed E-state index contributed by atoms with van der Waals surface area (Å²) in [5.41, 5.74) is 6.95. The quantitative estimate of drug-likeness (QED) is 0.131. The van der Waals surface area contributed by atoms with Crippen LogP contribution in [-0.4, -0.2) is 52.1 Å². The Morgan fingerprint density at radius 2 is 1.62 bits per heavy atom. The number of H-pyrrole nitrogens is 1. The lowest BCUT2D eigenvalue weighted by atomic mass is 9.95. The molecule has 3 aliphatic rings. The van der Waals surface area contributed by atoms with E-state index in [9.17, 15) is 0 Å². The van der Waals surface area contributed by atoms with Crippen LogP contribution in [0.2, 0.25) is 0 Å². The molecule has 7 nitrogen and oxygen atoms in total. The van der Waals surface area contributed by atoms with Crippen LogP contribution < -0.4 is 0 Å². The summed E-state index contributed by atoms with van der Waals surface area (Å²) in [5, 5.41) is 1.16.